The van der Waals surface area contributed by atoms with E-state index in [1.807, 2.05) is 37.3 Å². The van der Waals surface area contributed by atoms with E-state index < -0.39 is 22.1 Å². The van der Waals surface area contributed by atoms with Crippen molar-refractivity contribution in [2.45, 2.75) is 38.6 Å². The molecule has 12 heteroatoms. The van der Waals surface area contributed by atoms with Crippen LogP contribution in [0, 0.1) is 6.92 Å². The number of nitrogens with zero attached hydrogens (tertiary/aromatic N) is 2. The van der Waals surface area contributed by atoms with Crippen LogP contribution in [-0.2, 0) is 19.6 Å². The maximum absolute atomic E-state index is 13.9. The van der Waals surface area contributed by atoms with Gasteiger partial charge in [0.2, 0.25) is 5.75 Å². The van der Waals surface area contributed by atoms with E-state index in [0.29, 0.717) is 20.6 Å². The van der Waals surface area contributed by atoms with Gasteiger partial charge in [-0.05, 0) is 69.2 Å². The minimum absolute atomic E-state index is 0.0201. The van der Waals surface area contributed by atoms with Crippen molar-refractivity contribution in [3.8, 4) is 11.5 Å². The predicted octanol–water partition coefficient (Wildman–Crippen LogP) is 4.93. The second-order valence-corrected chi connectivity index (χ2v) is 12.8. The molecule has 44 heavy (non-hydrogen) atoms. The van der Waals surface area contributed by atoms with Gasteiger partial charge in [0.15, 0.2) is 10.6 Å². The Hall–Kier alpha value is -4.19. The molecule has 0 aliphatic carbocycles. The number of allylic oxidation sites excluding steroid dienone is 1. The summed E-state index contributed by atoms with van der Waals surface area (Å²) in [5.74, 6) is -0.606. The molecule has 0 amide bonds. The average molecular weight is 653 g/mol. The molecule has 0 radical (unpaired) electrons. The molecule has 0 saturated heterocycles. The summed E-state index contributed by atoms with van der Waals surface area (Å²) in [7, 11) is -4.21. The minimum Gasteiger partial charge on any atom is -0.490 e. The van der Waals surface area contributed by atoms with Crippen molar-refractivity contribution < 1.29 is 26.9 Å². The smallest absolute Gasteiger partial charge is 0.339 e. The van der Waals surface area contributed by atoms with Crippen LogP contribution in [0.2, 0.25) is 5.02 Å². The van der Waals surface area contributed by atoms with E-state index in [0.717, 1.165) is 22.5 Å². The molecule has 5 rings (SSSR count). The zero-order chi connectivity index (χ0) is 31.6. The van der Waals surface area contributed by atoms with E-state index in [4.69, 9.17) is 25.3 Å². The molecule has 1 aliphatic heterocycles. The van der Waals surface area contributed by atoms with Crippen LogP contribution < -0.4 is 23.8 Å². The van der Waals surface area contributed by atoms with E-state index in [1.165, 1.54) is 22.8 Å². The Bertz CT molecular complexity index is 2050. The molecule has 1 atom stereocenters. The molecule has 1 aromatic heterocycles. The van der Waals surface area contributed by atoms with Crippen LogP contribution in [0.4, 0.5) is 0 Å². The largest absolute Gasteiger partial charge is 0.490 e. The third kappa shape index (κ3) is 6.21. The number of benzene rings is 3. The SMILES string of the molecule is CCOC(=O)C1=C(C)N=c2s/c(=C\c3cc(Cl)c(OS(=O)(=O)c4ccc(C)cc4)c(OCC)c3)c(=O)n2[C@@H]1c1ccccc1. The van der Waals surface area contributed by atoms with Gasteiger partial charge in [0.05, 0.1) is 40.1 Å². The van der Waals surface area contributed by atoms with Crippen LogP contribution in [-0.4, -0.2) is 32.2 Å². The Labute approximate surface area is 263 Å². The number of aromatic nitrogens is 1. The van der Waals surface area contributed by atoms with Crippen LogP contribution in [0.5, 0.6) is 11.5 Å². The second kappa shape index (κ2) is 12.8. The molecule has 228 valence electrons. The lowest BCUT2D eigenvalue weighted by Gasteiger charge is -2.24. The minimum atomic E-state index is -4.21. The van der Waals surface area contributed by atoms with Crippen LogP contribution in [0.3, 0.4) is 0 Å². The third-order valence-corrected chi connectivity index (χ3v) is 9.26. The fourth-order valence-electron chi connectivity index (χ4n) is 4.77. The Morgan fingerprint density at radius 1 is 1.05 bits per heavy atom. The molecular formula is C32H29ClN2O7S2. The lowest BCUT2D eigenvalue weighted by Crippen LogP contribution is -2.39. The summed E-state index contributed by atoms with van der Waals surface area (Å²) in [5.41, 5.74) is 2.48. The molecule has 0 saturated carbocycles. The average Bonchev–Trinajstić information content (AvgIpc) is 3.28. The topological polar surface area (TPSA) is 113 Å². The van der Waals surface area contributed by atoms with Gasteiger partial charge in [-0.2, -0.15) is 8.42 Å². The number of rotatable bonds is 9. The van der Waals surface area contributed by atoms with Crippen LogP contribution in [0.1, 0.15) is 43.5 Å². The molecule has 3 aromatic carbocycles. The van der Waals surface area contributed by atoms with Gasteiger partial charge in [-0.3, -0.25) is 9.36 Å². The van der Waals surface area contributed by atoms with Gasteiger partial charge in [-0.15, -0.1) is 0 Å². The zero-order valence-corrected chi connectivity index (χ0v) is 26.8. The summed E-state index contributed by atoms with van der Waals surface area (Å²) in [6.07, 6.45) is 1.61. The molecule has 0 fully saturated rings. The van der Waals surface area contributed by atoms with Gasteiger partial charge >= 0.3 is 16.1 Å². The second-order valence-electron chi connectivity index (χ2n) is 9.83. The highest BCUT2D eigenvalue weighted by atomic mass is 35.5. The van der Waals surface area contributed by atoms with Crippen molar-refractivity contribution in [1.82, 2.24) is 4.57 Å². The van der Waals surface area contributed by atoms with Crippen molar-refractivity contribution in [3.05, 3.63) is 119 Å². The standard InChI is InChI=1S/C32H29ClN2O7S2/c1-5-40-25-17-21(16-24(33)29(25)42-44(38,39)23-14-12-19(3)13-15-23)18-26-30(36)35-28(22-10-8-7-9-11-22)27(31(37)41-6-2)20(4)34-32(35)43-26/h7-18,28H,5-6H2,1-4H3/b26-18-/t28-/m1/s1. The molecule has 2 heterocycles. The number of ether oxygens (including phenoxy) is 2. The van der Waals surface area contributed by atoms with Gasteiger partial charge in [0.25, 0.3) is 5.56 Å². The number of hydrogen-bond donors (Lipinski definition) is 0. The van der Waals surface area contributed by atoms with Crippen LogP contribution in [0.25, 0.3) is 6.08 Å². The van der Waals surface area contributed by atoms with Crippen LogP contribution >= 0.6 is 22.9 Å². The summed E-state index contributed by atoms with van der Waals surface area (Å²) >= 11 is 7.71. The van der Waals surface area contributed by atoms with Gasteiger partial charge in [-0.1, -0.05) is 71.0 Å². The summed E-state index contributed by atoms with van der Waals surface area (Å²) in [4.78, 5) is 31.9. The van der Waals surface area contributed by atoms with Crippen LogP contribution in [0.15, 0.2) is 92.7 Å². The first-order valence-corrected chi connectivity index (χ1v) is 16.4. The summed E-state index contributed by atoms with van der Waals surface area (Å²) in [6.45, 7) is 7.41. The van der Waals surface area contributed by atoms with Gasteiger partial charge in [0, 0.05) is 0 Å². The molecule has 0 spiro atoms. The highest BCUT2D eigenvalue weighted by molar-refractivity contribution is 7.87. The predicted molar refractivity (Wildman–Crippen MR) is 168 cm³/mol. The number of halogens is 1. The fraction of sp³-hybridized carbons (Fsp3) is 0.219. The number of hydrogen-bond acceptors (Lipinski definition) is 9. The Balaban J connectivity index is 1.61. The molecule has 0 bridgehead atoms. The van der Waals surface area contributed by atoms with Gasteiger partial charge < -0.3 is 13.7 Å². The zero-order valence-electron chi connectivity index (χ0n) is 24.4. The number of carbonyl (C=O) groups excluding carboxylic acids is 1. The van der Waals surface area contributed by atoms with E-state index in [2.05, 4.69) is 4.99 Å². The summed E-state index contributed by atoms with van der Waals surface area (Å²) in [6, 6.07) is 17.8. The third-order valence-electron chi connectivity index (χ3n) is 6.76. The Morgan fingerprint density at radius 3 is 2.41 bits per heavy atom. The maximum Gasteiger partial charge on any atom is 0.339 e. The van der Waals surface area contributed by atoms with Gasteiger partial charge in [-0.25, -0.2) is 9.79 Å². The monoisotopic (exact) mass is 652 g/mol. The Kier molecular flexibility index (Phi) is 9.10. The molecule has 4 aromatic rings. The van der Waals surface area contributed by atoms with Gasteiger partial charge in [0.1, 0.15) is 4.90 Å². The first kappa shape index (κ1) is 31.2. The normalized spacial score (nSPS) is 15.0. The van der Waals surface area contributed by atoms with Crippen molar-refractivity contribution in [3.63, 3.8) is 0 Å². The quantitative estimate of drug-likeness (QED) is 0.186. The van der Waals surface area contributed by atoms with Crippen molar-refractivity contribution in [2.75, 3.05) is 13.2 Å². The first-order chi connectivity index (χ1) is 21.0. The van der Waals surface area contributed by atoms with Crippen molar-refractivity contribution in [2.24, 2.45) is 4.99 Å². The molecular weight excluding hydrogens is 624 g/mol. The van der Waals surface area contributed by atoms with Crippen molar-refractivity contribution in [1.29, 1.82) is 0 Å². The molecule has 0 unspecified atom stereocenters. The van der Waals surface area contributed by atoms with E-state index >= 15 is 0 Å². The highest BCUT2D eigenvalue weighted by Crippen LogP contribution is 2.39. The van der Waals surface area contributed by atoms with E-state index in [9.17, 15) is 18.0 Å². The molecule has 9 nitrogen and oxygen atoms in total. The number of carbonyl (C=O) groups is 1. The fourth-order valence-corrected chi connectivity index (χ4v) is 7.08. The summed E-state index contributed by atoms with van der Waals surface area (Å²) in [5, 5.41) is -0.0201. The van der Waals surface area contributed by atoms with E-state index in [-0.39, 0.29) is 45.8 Å². The molecule has 1 aliphatic rings. The van der Waals surface area contributed by atoms with E-state index in [1.54, 1.807) is 45.0 Å². The summed E-state index contributed by atoms with van der Waals surface area (Å²) < 4.78 is 44.3. The lowest BCUT2D eigenvalue weighted by atomic mass is 9.96. The lowest BCUT2D eigenvalue weighted by molar-refractivity contribution is -0.139. The van der Waals surface area contributed by atoms with Crippen molar-refractivity contribution >= 4 is 45.1 Å². The number of aryl methyl sites for hydroxylation is 1. The number of thiazole rings is 1. The maximum atomic E-state index is 13.9. The highest BCUT2D eigenvalue weighted by Gasteiger charge is 2.33. The first-order valence-electron chi connectivity index (χ1n) is 13.8. The Morgan fingerprint density at radius 2 is 1.75 bits per heavy atom. The molecule has 0 N–H and O–H groups in total. The number of fused-ring (bicyclic) bond motifs is 1. The number of esters is 1.